The summed E-state index contributed by atoms with van der Waals surface area (Å²) in [5, 5.41) is 3.06. The lowest BCUT2D eigenvalue weighted by Gasteiger charge is -2.11. The van der Waals surface area contributed by atoms with Crippen LogP contribution in [-0.4, -0.2) is 40.3 Å². The van der Waals surface area contributed by atoms with E-state index in [1.165, 1.54) is 4.72 Å². The van der Waals surface area contributed by atoms with Crippen molar-refractivity contribution in [3.05, 3.63) is 0 Å². The van der Waals surface area contributed by atoms with Gasteiger partial charge < -0.3 is 5.32 Å². The molecule has 3 N–H and O–H groups in total. The molecule has 0 amide bonds. The molecule has 94 valence electrons. The Hall–Kier alpha value is -0.380. The maximum Gasteiger partial charge on any atom is 0.402 e. The van der Waals surface area contributed by atoms with E-state index in [1.807, 2.05) is 0 Å². The summed E-state index contributed by atoms with van der Waals surface area (Å²) >= 11 is 0. The summed E-state index contributed by atoms with van der Waals surface area (Å²) in [5.74, 6) is 0.449. The van der Waals surface area contributed by atoms with E-state index in [2.05, 4.69) is 10.0 Å². The first-order valence-corrected chi connectivity index (χ1v) is 6.31. The summed E-state index contributed by atoms with van der Waals surface area (Å²) < 4.78 is 61.5. The molecule has 2 fully saturated rings. The Kier molecular flexibility index (Phi) is 2.89. The van der Waals surface area contributed by atoms with Gasteiger partial charge in [0.2, 0.25) is 0 Å². The van der Waals surface area contributed by atoms with Crippen LogP contribution in [0.25, 0.3) is 0 Å². The molecule has 5 nitrogen and oxygen atoms in total. The van der Waals surface area contributed by atoms with Gasteiger partial charge in [0.15, 0.2) is 0 Å². The summed E-state index contributed by atoms with van der Waals surface area (Å²) in [6.07, 6.45) is -4.53. The Labute approximate surface area is 91.0 Å². The SMILES string of the molecule is O=S(=O)(NCC(F)(F)F)NC1C2CNCC21. The van der Waals surface area contributed by atoms with Gasteiger partial charge in [-0.1, -0.05) is 0 Å². The van der Waals surface area contributed by atoms with Crippen LogP contribution in [0.2, 0.25) is 0 Å². The third-order valence-electron chi connectivity index (χ3n) is 2.85. The Morgan fingerprint density at radius 2 is 1.81 bits per heavy atom. The summed E-state index contributed by atoms with van der Waals surface area (Å²) in [7, 11) is -4.04. The van der Waals surface area contributed by atoms with Gasteiger partial charge >= 0.3 is 6.18 Å². The van der Waals surface area contributed by atoms with Gasteiger partial charge in [0, 0.05) is 6.04 Å². The second-order valence-electron chi connectivity index (χ2n) is 4.07. The van der Waals surface area contributed by atoms with Crippen molar-refractivity contribution in [3.8, 4) is 0 Å². The lowest BCUT2D eigenvalue weighted by atomic mass is 10.4. The minimum atomic E-state index is -4.53. The fourth-order valence-corrected chi connectivity index (χ4v) is 3.14. The quantitative estimate of drug-likeness (QED) is 0.618. The minimum Gasteiger partial charge on any atom is -0.316 e. The van der Waals surface area contributed by atoms with Crippen LogP contribution in [-0.2, 0) is 10.2 Å². The first-order chi connectivity index (χ1) is 7.29. The van der Waals surface area contributed by atoms with Crippen molar-refractivity contribution in [2.45, 2.75) is 12.2 Å². The molecular formula is C7H12F3N3O2S. The zero-order chi connectivity index (χ0) is 12.0. The number of piperidine rings is 1. The highest BCUT2D eigenvalue weighted by molar-refractivity contribution is 7.87. The van der Waals surface area contributed by atoms with Crippen LogP contribution in [0.15, 0.2) is 0 Å². The fourth-order valence-electron chi connectivity index (χ4n) is 1.99. The summed E-state index contributed by atoms with van der Waals surface area (Å²) in [4.78, 5) is 0. The van der Waals surface area contributed by atoms with E-state index in [4.69, 9.17) is 0 Å². The number of nitrogens with one attached hydrogen (secondary N) is 3. The molecule has 0 radical (unpaired) electrons. The van der Waals surface area contributed by atoms with Crippen molar-refractivity contribution in [3.63, 3.8) is 0 Å². The number of halogens is 3. The van der Waals surface area contributed by atoms with E-state index >= 15 is 0 Å². The van der Waals surface area contributed by atoms with Crippen LogP contribution >= 0.6 is 0 Å². The monoisotopic (exact) mass is 259 g/mol. The molecule has 0 bridgehead atoms. The molecule has 1 heterocycles. The molecule has 2 rings (SSSR count). The molecule has 0 aromatic carbocycles. The van der Waals surface area contributed by atoms with E-state index < -0.39 is 22.9 Å². The van der Waals surface area contributed by atoms with Gasteiger partial charge in [-0.05, 0) is 24.9 Å². The van der Waals surface area contributed by atoms with Crippen LogP contribution < -0.4 is 14.8 Å². The molecular weight excluding hydrogens is 247 g/mol. The van der Waals surface area contributed by atoms with E-state index in [9.17, 15) is 21.6 Å². The molecule has 9 heteroatoms. The van der Waals surface area contributed by atoms with Crippen molar-refractivity contribution in [1.82, 2.24) is 14.8 Å². The van der Waals surface area contributed by atoms with Crippen LogP contribution in [0.5, 0.6) is 0 Å². The molecule has 2 atom stereocenters. The highest BCUT2D eigenvalue weighted by Crippen LogP contribution is 2.41. The molecule has 1 aliphatic carbocycles. The van der Waals surface area contributed by atoms with E-state index in [0.717, 1.165) is 13.1 Å². The summed E-state index contributed by atoms with van der Waals surface area (Å²) in [6, 6.07) is -0.216. The Bertz CT molecular complexity index is 360. The zero-order valence-electron chi connectivity index (χ0n) is 8.21. The van der Waals surface area contributed by atoms with Gasteiger partial charge in [-0.3, -0.25) is 0 Å². The highest BCUT2D eigenvalue weighted by Gasteiger charge is 2.54. The van der Waals surface area contributed by atoms with Crippen LogP contribution in [0.3, 0.4) is 0 Å². The van der Waals surface area contributed by atoms with Crippen molar-refractivity contribution in [2.75, 3.05) is 19.6 Å². The number of hydrogen-bond donors (Lipinski definition) is 3. The molecule has 16 heavy (non-hydrogen) atoms. The zero-order valence-corrected chi connectivity index (χ0v) is 9.03. The summed E-state index contributed by atoms with van der Waals surface area (Å²) in [5.41, 5.74) is 0. The lowest BCUT2D eigenvalue weighted by Crippen LogP contribution is -2.44. The molecule has 2 aliphatic rings. The van der Waals surface area contributed by atoms with Crippen molar-refractivity contribution < 1.29 is 21.6 Å². The number of fused-ring (bicyclic) bond motifs is 1. The Morgan fingerprint density at radius 3 is 2.31 bits per heavy atom. The molecule has 1 saturated heterocycles. The number of hydrogen-bond acceptors (Lipinski definition) is 3. The van der Waals surface area contributed by atoms with Crippen LogP contribution in [0, 0.1) is 11.8 Å². The first-order valence-electron chi connectivity index (χ1n) is 4.83. The van der Waals surface area contributed by atoms with Crippen LogP contribution in [0.1, 0.15) is 0 Å². The minimum absolute atomic E-state index is 0.216. The van der Waals surface area contributed by atoms with Gasteiger partial charge in [0.1, 0.15) is 6.54 Å². The van der Waals surface area contributed by atoms with Gasteiger partial charge in [-0.15, -0.1) is 0 Å². The Balaban J connectivity index is 1.80. The summed E-state index contributed by atoms with van der Waals surface area (Å²) in [6.45, 7) is -0.100. The van der Waals surface area contributed by atoms with E-state index in [-0.39, 0.29) is 17.9 Å². The van der Waals surface area contributed by atoms with Crippen molar-refractivity contribution in [2.24, 2.45) is 11.8 Å². The van der Waals surface area contributed by atoms with Crippen LogP contribution in [0.4, 0.5) is 13.2 Å². The molecule has 0 spiro atoms. The lowest BCUT2D eigenvalue weighted by molar-refractivity contribution is -0.121. The Morgan fingerprint density at radius 1 is 1.25 bits per heavy atom. The van der Waals surface area contributed by atoms with Gasteiger partial charge in [0.05, 0.1) is 0 Å². The fraction of sp³-hybridized carbons (Fsp3) is 1.00. The number of rotatable bonds is 4. The number of alkyl halides is 3. The first kappa shape index (κ1) is 12.1. The molecule has 1 aliphatic heterocycles. The van der Waals surface area contributed by atoms with Crippen molar-refractivity contribution >= 4 is 10.2 Å². The van der Waals surface area contributed by atoms with Gasteiger partial charge in [-0.25, -0.2) is 0 Å². The molecule has 2 unspecified atom stereocenters. The molecule has 0 aromatic rings. The second-order valence-corrected chi connectivity index (χ2v) is 5.60. The van der Waals surface area contributed by atoms with E-state index in [0.29, 0.717) is 0 Å². The smallest absolute Gasteiger partial charge is 0.316 e. The highest BCUT2D eigenvalue weighted by atomic mass is 32.2. The average Bonchev–Trinajstić information content (AvgIpc) is 2.62. The normalized spacial score (nSPS) is 33.8. The maximum atomic E-state index is 11.8. The molecule has 1 saturated carbocycles. The predicted octanol–water partition coefficient (Wildman–Crippen LogP) is -0.809. The largest absolute Gasteiger partial charge is 0.402 e. The predicted molar refractivity (Wildman–Crippen MR) is 49.8 cm³/mol. The van der Waals surface area contributed by atoms with E-state index in [1.54, 1.807) is 0 Å². The standard InChI is InChI=1S/C7H12F3N3O2S/c8-7(9,10)3-12-16(14,15)13-6-4-1-11-2-5(4)6/h4-6,11-13H,1-3H2. The third kappa shape index (κ3) is 2.84. The average molecular weight is 259 g/mol. The topological polar surface area (TPSA) is 70.2 Å². The maximum absolute atomic E-state index is 11.8. The second kappa shape index (κ2) is 3.83. The van der Waals surface area contributed by atoms with Gasteiger partial charge in [0.25, 0.3) is 10.2 Å². The molecule has 0 aromatic heterocycles. The van der Waals surface area contributed by atoms with Crippen molar-refractivity contribution in [1.29, 1.82) is 0 Å². The van der Waals surface area contributed by atoms with Gasteiger partial charge in [-0.2, -0.15) is 31.0 Å². The third-order valence-corrected chi connectivity index (χ3v) is 3.95.